The SMILES string of the molecule is O=C(NCc1ccc2c(c1)OCO2)c1n[nH]c2c1CN(C(=O)Cc1cccc(Cl)c1)CC2. The molecular formula is C23H21ClN4O4. The number of nitrogens with one attached hydrogen (secondary N) is 2. The summed E-state index contributed by atoms with van der Waals surface area (Å²) in [5.41, 5.74) is 3.73. The molecule has 2 aliphatic heterocycles. The smallest absolute Gasteiger partial charge is 0.272 e. The number of carbonyl (C=O) groups excluding carboxylic acids is 2. The third kappa shape index (κ3) is 4.13. The summed E-state index contributed by atoms with van der Waals surface area (Å²) in [5.74, 6) is 1.07. The Hall–Kier alpha value is -3.52. The van der Waals surface area contributed by atoms with E-state index in [1.54, 1.807) is 17.0 Å². The van der Waals surface area contributed by atoms with Gasteiger partial charge in [0.15, 0.2) is 17.2 Å². The molecule has 0 aliphatic carbocycles. The van der Waals surface area contributed by atoms with Gasteiger partial charge in [0.05, 0.1) is 6.42 Å². The second-order valence-corrected chi connectivity index (χ2v) is 8.21. The van der Waals surface area contributed by atoms with Gasteiger partial charge >= 0.3 is 0 Å². The Balaban J connectivity index is 1.24. The average Bonchev–Trinajstić information content (AvgIpc) is 3.43. The maximum Gasteiger partial charge on any atom is 0.272 e. The van der Waals surface area contributed by atoms with Gasteiger partial charge in [-0.3, -0.25) is 14.7 Å². The van der Waals surface area contributed by atoms with Crippen molar-refractivity contribution in [1.29, 1.82) is 0 Å². The molecule has 32 heavy (non-hydrogen) atoms. The molecule has 0 saturated heterocycles. The maximum absolute atomic E-state index is 12.8. The molecule has 0 fully saturated rings. The molecule has 0 saturated carbocycles. The van der Waals surface area contributed by atoms with E-state index in [1.165, 1.54) is 0 Å². The van der Waals surface area contributed by atoms with Crippen LogP contribution in [0.25, 0.3) is 0 Å². The number of nitrogens with zero attached hydrogens (tertiary/aromatic N) is 2. The summed E-state index contributed by atoms with van der Waals surface area (Å²) in [6.07, 6.45) is 0.887. The van der Waals surface area contributed by atoms with Gasteiger partial charge in [-0.05, 0) is 35.4 Å². The topological polar surface area (TPSA) is 96.6 Å². The van der Waals surface area contributed by atoms with Crippen LogP contribution in [-0.4, -0.2) is 40.2 Å². The van der Waals surface area contributed by atoms with E-state index in [0.29, 0.717) is 48.3 Å². The van der Waals surface area contributed by atoms with E-state index in [2.05, 4.69) is 15.5 Å². The lowest BCUT2D eigenvalue weighted by Crippen LogP contribution is -2.37. The first-order chi connectivity index (χ1) is 15.6. The third-order valence-corrected chi connectivity index (χ3v) is 5.87. The molecule has 0 radical (unpaired) electrons. The van der Waals surface area contributed by atoms with Crippen LogP contribution >= 0.6 is 11.6 Å². The second kappa shape index (κ2) is 8.55. The molecule has 0 unspecified atom stereocenters. The van der Waals surface area contributed by atoms with Crippen LogP contribution in [0.3, 0.4) is 0 Å². The number of carbonyl (C=O) groups is 2. The van der Waals surface area contributed by atoms with Crippen LogP contribution in [0.15, 0.2) is 42.5 Å². The lowest BCUT2D eigenvalue weighted by Gasteiger charge is -2.27. The fourth-order valence-corrected chi connectivity index (χ4v) is 4.16. The van der Waals surface area contributed by atoms with Crippen molar-refractivity contribution in [3.8, 4) is 11.5 Å². The number of fused-ring (bicyclic) bond motifs is 2. The van der Waals surface area contributed by atoms with E-state index in [9.17, 15) is 9.59 Å². The van der Waals surface area contributed by atoms with Crippen LogP contribution < -0.4 is 14.8 Å². The lowest BCUT2D eigenvalue weighted by atomic mass is 10.0. The number of hydrogen-bond acceptors (Lipinski definition) is 5. The van der Waals surface area contributed by atoms with Crippen LogP contribution in [0.5, 0.6) is 11.5 Å². The van der Waals surface area contributed by atoms with Crippen molar-refractivity contribution in [2.24, 2.45) is 0 Å². The van der Waals surface area contributed by atoms with E-state index in [0.717, 1.165) is 22.4 Å². The average molecular weight is 453 g/mol. The van der Waals surface area contributed by atoms with Crippen molar-refractivity contribution < 1.29 is 19.1 Å². The van der Waals surface area contributed by atoms with E-state index < -0.39 is 0 Å². The Labute approximate surface area is 189 Å². The van der Waals surface area contributed by atoms with Crippen molar-refractivity contribution in [3.05, 3.63) is 75.6 Å². The zero-order valence-electron chi connectivity index (χ0n) is 17.2. The maximum atomic E-state index is 12.8. The van der Waals surface area contributed by atoms with E-state index in [-0.39, 0.29) is 25.0 Å². The minimum atomic E-state index is -0.288. The summed E-state index contributed by atoms with van der Waals surface area (Å²) in [4.78, 5) is 27.4. The molecule has 3 aromatic rings. The number of benzene rings is 2. The minimum absolute atomic E-state index is 0.00849. The van der Waals surface area contributed by atoms with Crippen LogP contribution in [-0.2, 0) is 30.7 Å². The number of hydrogen-bond donors (Lipinski definition) is 2. The van der Waals surface area contributed by atoms with Crippen LogP contribution in [0, 0.1) is 0 Å². The predicted octanol–water partition coefficient (Wildman–Crippen LogP) is 2.85. The number of aromatic amines is 1. The third-order valence-electron chi connectivity index (χ3n) is 5.64. The summed E-state index contributed by atoms with van der Waals surface area (Å²) in [7, 11) is 0. The Morgan fingerprint density at radius 2 is 2.00 bits per heavy atom. The Kier molecular flexibility index (Phi) is 5.45. The van der Waals surface area contributed by atoms with Crippen molar-refractivity contribution in [2.45, 2.75) is 25.9 Å². The van der Waals surface area contributed by atoms with Crippen molar-refractivity contribution >= 4 is 23.4 Å². The fraction of sp³-hybridized carbons (Fsp3) is 0.261. The number of rotatable bonds is 5. The Bertz CT molecular complexity index is 1190. The molecule has 2 amide bonds. The Morgan fingerprint density at radius 1 is 1.12 bits per heavy atom. The quantitative estimate of drug-likeness (QED) is 0.620. The largest absolute Gasteiger partial charge is 0.454 e. The van der Waals surface area contributed by atoms with Gasteiger partial charge < -0.3 is 19.7 Å². The first kappa shape index (κ1) is 20.4. The molecule has 0 bridgehead atoms. The highest BCUT2D eigenvalue weighted by Gasteiger charge is 2.28. The minimum Gasteiger partial charge on any atom is -0.454 e. The van der Waals surface area contributed by atoms with Crippen LogP contribution in [0.2, 0.25) is 5.02 Å². The lowest BCUT2D eigenvalue weighted by molar-refractivity contribution is -0.131. The van der Waals surface area contributed by atoms with Gasteiger partial charge in [-0.1, -0.05) is 29.8 Å². The number of halogens is 1. The van der Waals surface area contributed by atoms with E-state index >= 15 is 0 Å². The monoisotopic (exact) mass is 452 g/mol. The van der Waals surface area contributed by atoms with Gasteiger partial charge in [0.25, 0.3) is 5.91 Å². The summed E-state index contributed by atoms with van der Waals surface area (Å²) < 4.78 is 10.7. The first-order valence-corrected chi connectivity index (χ1v) is 10.7. The fourth-order valence-electron chi connectivity index (χ4n) is 3.95. The summed E-state index contributed by atoms with van der Waals surface area (Å²) in [5, 5.41) is 10.7. The molecule has 5 rings (SSSR count). The number of ether oxygens (including phenoxy) is 2. The van der Waals surface area contributed by atoms with Gasteiger partial charge in [0.2, 0.25) is 12.7 Å². The van der Waals surface area contributed by atoms with E-state index in [1.807, 2.05) is 30.3 Å². The zero-order chi connectivity index (χ0) is 22.1. The standard InChI is InChI=1S/C23H21ClN4O4/c24-16-3-1-2-14(8-16)10-21(29)28-7-6-18-17(12-28)22(27-26-18)23(30)25-11-15-4-5-19-20(9-15)32-13-31-19/h1-5,8-9H,6-7,10-13H2,(H,25,30)(H,26,27). The van der Waals surface area contributed by atoms with Crippen molar-refractivity contribution in [1.82, 2.24) is 20.4 Å². The normalized spacial score (nSPS) is 14.2. The summed E-state index contributed by atoms with van der Waals surface area (Å²) in [6.45, 7) is 1.45. The van der Waals surface area contributed by atoms with Gasteiger partial charge in [0, 0.05) is 42.3 Å². The molecule has 1 aromatic heterocycles. The van der Waals surface area contributed by atoms with Crippen LogP contribution in [0.1, 0.15) is 32.9 Å². The predicted molar refractivity (Wildman–Crippen MR) is 117 cm³/mol. The summed E-state index contributed by atoms with van der Waals surface area (Å²) in [6, 6.07) is 12.8. The number of H-pyrrole nitrogens is 1. The van der Waals surface area contributed by atoms with Crippen molar-refractivity contribution in [3.63, 3.8) is 0 Å². The molecule has 0 spiro atoms. The Morgan fingerprint density at radius 3 is 2.88 bits per heavy atom. The van der Waals surface area contributed by atoms with Gasteiger partial charge in [0.1, 0.15) is 0 Å². The highest BCUT2D eigenvalue weighted by atomic mass is 35.5. The first-order valence-electron chi connectivity index (χ1n) is 10.3. The zero-order valence-corrected chi connectivity index (χ0v) is 17.9. The van der Waals surface area contributed by atoms with Gasteiger partial charge in [-0.25, -0.2) is 0 Å². The van der Waals surface area contributed by atoms with Crippen LogP contribution in [0.4, 0.5) is 0 Å². The van der Waals surface area contributed by atoms with Gasteiger partial charge in [-0.15, -0.1) is 0 Å². The number of aromatic nitrogens is 2. The molecule has 9 heteroatoms. The number of amides is 2. The highest BCUT2D eigenvalue weighted by molar-refractivity contribution is 6.30. The molecular weight excluding hydrogens is 432 g/mol. The molecule has 3 heterocycles. The molecule has 0 atom stereocenters. The molecule has 164 valence electrons. The molecule has 8 nitrogen and oxygen atoms in total. The summed E-state index contributed by atoms with van der Waals surface area (Å²) >= 11 is 6.03. The van der Waals surface area contributed by atoms with Crippen molar-refractivity contribution in [2.75, 3.05) is 13.3 Å². The van der Waals surface area contributed by atoms with E-state index in [4.69, 9.17) is 21.1 Å². The molecule has 2 aliphatic rings. The van der Waals surface area contributed by atoms with Gasteiger partial charge in [-0.2, -0.15) is 5.10 Å². The molecule has 2 N–H and O–H groups in total. The second-order valence-electron chi connectivity index (χ2n) is 7.77. The molecule has 2 aromatic carbocycles. The highest BCUT2D eigenvalue weighted by Crippen LogP contribution is 2.32.